The number of unbranched alkanes of at least 4 members (excludes halogenated alkanes) is 1. The van der Waals surface area contributed by atoms with E-state index in [0.717, 1.165) is 11.3 Å². The van der Waals surface area contributed by atoms with E-state index in [0.29, 0.717) is 30.6 Å². The number of benzene rings is 1. The Morgan fingerprint density at radius 3 is 2.59 bits per heavy atom. The molecule has 10 heteroatoms. The van der Waals surface area contributed by atoms with E-state index in [-0.39, 0.29) is 18.1 Å². The third-order valence-corrected chi connectivity index (χ3v) is 8.27. The first-order valence-corrected chi connectivity index (χ1v) is 13.3. The second kappa shape index (κ2) is 9.61. The first kappa shape index (κ1) is 24.0. The predicted octanol–water partition coefficient (Wildman–Crippen LogP) is 2.43. The predicted molar refractivity (Wildman–Crippen MR) is 124 cm³/mol. The Morgan fingerprint density at radius 1 is 1.21 bits per heavy atom. The molecule has 2 atom stereocenters. The van der Waals surface area contributed by atoms with Gasteiger partial charge in [0.05, 0.1) is 24.3 Å². The lowest BCUT2D eigenvalue weighted by molar-refractivity contribution is -0.141. The molecular weight excluding hydrogens is 458 g/mol. The molecule has 0 radical (unpaired) electrons. The van der Waals surface area contributed by atoms with E-state index < -0.39 is 45.8 Å². The van der Waals surface area contributed by atoms with Crippen molar-refractivity contribution in [2.45, 2.75) is 50.7 Å². The number of hydrogen-bond acceptors (Lipinski definition) is 6. The maximum atomic E-state index is 13.6. The Balaban J connectivity index is 1.58. The van der Waals surface area contributed by atoms with Gasteiger partial charge in [-0.05, 0) is 30.5 Å². The van der Waals surface area contributed by atoms with Crippen LogP contribution in [0.1, 0.15) is 43.9 Å². The van der Waals surface area contributed by atoms with E-state index in [1.807, 2.05) is 25.1 Å². The summed E-state index contributed by atoms with van der Waals surface area (Å²) in [6, 6.07) is 11.3. The highest BCUT2D eigenvalue weighted by Gasteiger charge is 2.52. The van der Waals surface area contributed by atoms with Gasteiger partial charge in [0.25, 0.3) is 5.91 Å². The normalized spacial score (nSPS) is 23.8. The molecule has 4 amide bonds. The molecule has 3 heterocycles. The van der Waals surface area contributed by atoms with Crippen LogP contribution in [0.5, 0.6) is 0 Å². The molecule has 182 valence electrons. The number of furan rings is 1. The Hall–Kier alpha value is -3.14. The highest BCUT2D eigenvalue weighted by Crippen LogP contribution is 2.34. The van der Waals surface area contributed by atoms with E-state index in [1.54, 1.807) is 24.3 Å². The van der Waals surface area contributed by atoms with Gasteiger partial charge in [0.1, 0.15) is 17.8 Å². The van der Waals surface area contributed by atoms with Gasteiger partial charge in [-0.2, -0.15) is 0 Å². The average molecular weight is 488 g/mol. The second-order valence-corrected chi connectivity index (χ2v) is 11.1. The van der Waals surface area contributed by atoms with Crippen molar-refractivity contribution >= 4 is 27.7 Å². The van der Waals surface area contributed by atoms with Crippen molar-refractivity contribution in [1.82, 2.24) is 15.1 Å². The number of urea groups is 1. The highest BCUT2D eigenvalue weighted by molar-refractivity contribution is 7.91. The first-order chi connectivity index (χ1) is 16.3. The van der Waals surface area contributed by atoms with Crippen LogP contribution in [-0.2, 0) is 31.5 Å². The van der Waals surface area contributed by atoms with Gasteiger partial charge < -0.3 is 14.6 Å². The van der Waals surface area contributed by atoms with E-state index >= 15 is 0 Å². The number of carbonyl (C=O) groups excluding carboxylic acids is 3. The molecule has 2 aromatic rings. The van der Waals surface area contributed by atoms with Crippen LogP contribution >= 0.6 is 0 Å². The van der Waals surface area contributed by atoms with Gasteiger partial charge in [0.2, 0.25) is 5.91 Å². The Bertz CT molecular complexity index is 1150. The number of amides is 4. The number of imide groups is 1. The van der Waals surface area contributed by atoms with Crippen LogP contribution in [0.4, 0.5) is 4.79 Å². The quantitative estimate of drug-likeness (QED) is 0.543. The van der Waals surface area contributed by atoms with Gasteiger partial charge >= 0.3 is 6.03 Å². The van der Waals surface area contributed by atoms with Crippen molar-refractivity contribution in [3.05, 3.63) is 60.1 Å². The molecule has 0 aliphatic carbocycles. The molecule has 2 saturated heterocycles. The minimum atomic E-state index is -3.25. The fourth-order valence-electron chi connectivity index (χ4n) is 4.68. The molecule has 4 rings (SSSR count). The molecule has 9 nitrogen and oxygen atoms in total. The summed E-state index contributed by atoms with van der Waals surface area (Å²) in [6.07, 6.45) is 3.75. The lowest BCUT2D eigenvalue weighted by Crippen LogP contribution is -2.48. The lowest BCUT2D eigenvalue weighted by Gasteiger charge is -2.30. The zero-order valence-electron chi connectivity index (χ0n) is 19.1. The molecule has 0 spiro atoms. The molecule has 1 N–H and O–H groups in total. The maximum Gasteiger partial charge on any atom is 0.325 e. The monoisotopic (exact) mass is 487 g/mol. The number of nitrogens with one attached hydrogen (secondary N) is 1. The summed E-state index contributed by atoms with van der Waals surface area (Å²) >= 11 is 0. The van der Waals surface area contributed by atoms with Crippen molar-refractivity contribution in [3.8, 4) is 0 Å². The van der Waals surface area contributed by atoms with E-state index in [4.69, 9.17) is 4.42 Å². The number of nitrogens with zero attached hydrogens (tertiary/aromatic N) is 2. The lowest BCUT2D eigenvalue weighted by atomic mass is 9.85. The maximum absolute atomic E-state index is 13.6. The van der Waals surface area contributed by atoms with Gasteiger partial charge in [-0.25, -0.2) is 13.2 Å². The van der Waals surface area contributed by atoms with Crippen molar-refractivity contribution in [2.24, 2.45) is 0 Å². The summed E-state index contributed by atoms with van der Waals surface area (Å²) in [5.41, 5.74) is -0.553. The van der Waals surface area contributed by atoms with Crippen LogP contribution in [0.2, 0.25) is 0 Å². The molecule has 0 bridgehead atoms. The molecule has 2 fully saturated rings. The standard InChI is InChI=1S/C24H29N3O6S/c1-2-3-12-24(18-8-5-4-6-9-18)22(29)27(23(30)25-24)16-21(28)26(15-20-10-7-13-33-20)19-11-14-34(31,32)17-19/h4-10,13,19H,2-3,11-12,14-17H2,1H3,(H,25,30)/t19-,24+/m0/s1. The van der Waals surface area contributed by atoms with Crippen LogP contribution in [0, 0.1) is 0 Å². The Morgan fingerprint density at radius 2 is 1.97 bits per heavy atom. The fraction of sp³-hybridized carbons (Fsp3) is 0.458. The van der Waals surface area contributed by atoms with Gasteiger partial charge in [-0.3, -0.25) is 14.5 Å². The van der Waals surface area contributed by atoms with Gasteiger partial charge in [-0.15, -0.1) is 0 Å². The SMILES string of the molecule is CCCC[C@]1(c2ccccc2)NC(=O)N(CC(=O)N(Cc2ccco2)[C@H]2CCS(=O)(=O)C2)C1=O. The van der Waals surface area contributed by atoms with E-state index in [2.05, 4.69) is 5.32 Å². The number of sulfone groups is 1. The number of hydrogen-bond donors (Lipinski definition) is 1. The molecule has 0 saturated carbocycles. The van der Waals surface area contributed by atoms with Crippen molar-refractivity contribution in [1.29, 1.82) is 0 Å². The van der Waals surface area contributed by atoms with Crippen molar-refractivity contribution < 1.29 is 27.2 Å². The second-order valence-electron chi connectivity index (χ2n) is 8.85. The molecule has 2 aliphatic heterocycles. The summed E-state index contributed by atoms with van der Waals surface area (Å²) in [7, 11) is -3.25. The number of carbonyl (C=O) groups is 3. The summed E-state index contributed by atoms with van der Waals surface area (Å²) in [5, 5.41) is 2.84. The molecule has 1 aromatic carbocycles. The minimum Gasteiger partial charge on any atom is -0.467 e. The zero-order chi connectivity index (χ0) is 24.3. The molecule has 2 aliphatic rings. The Labute approximate surface area is 199 Å². The smallest absolute Gasteiger partial charge is 0.325 e. The van der Waals surface area contributed by atoms with Crippen LogP contribution in [0.15, 0.2) is 53.1 Å². The van der Waals surface area contributed by atoms with Crippen LogP contribution in [-0.4, -0.2) is 60.2 Å². The number of rotatable bonds is 9. The highest BCUT2D eigenvalue weighted by atomic mass is 32.2. The molecule has 34 heavy (non-hydrogen) atoms. The summed E-state index contributed by atoms with van der Waals surface area (Å²) in [5.74, 6) is -0.624. The van der Waals surface area contributed by atoms with Crippen molar-refractivity contribution in [2.75, 3.05) is 18.1 Å². The van der Waals surface area contributed by atoms with Crippen LogP contribution in [0.3, 0.4) is 0 Å². The van der Waals surface area contributed by atoms with Crippen LogP contribution in [0.25, 0.3) is 0 Å². The third-order valence-electron chi connectivity index (χ3n) is 6.52. The largest absolute Gasteiger partial charge is 0.467 e. The van der Waals surface area contributed by atoms with E-state index in [9.17, 15) is 22.8 Å². The summed E-state index contributed by atoms with van der Waals surface area (Å²) in [4.78, 5) is 42.3. The fourth-order valence-corrected chi connectivity index (χ4v) is 6.41. The third kappa shape index (κ3) is 4.72. The first-order valence-electron chi connectivity index (χ1n) is 11.5. The van der Waals surface area contributed by atoms with E-state index in [1.165, 1.54) is 11.2 Å². The van der Waals surface area contributed by atoms with Crippen LogP contribution < -0.4 is 5.32 Å². The molecular formula is C24H29N3O6S. The van der Waals surface area contributed by atoms with Gasteiger partial charge in [0.15, 0.2) is 9.84 Å². The summed E-state index contributed by atoms with van der Waals surface area (Å²) in [6.45, 7) is 1.60. The Kier molecular flexibility index (Phi) is 6.79. The average Bonchev–Trinajstić information content (AvgIpc) is 3.52. The topological polar surface area (TPSA) is 117 Å². The van der Waals surface area contributed by atoms with Gasteiger partial charge in [-0.1, -0.05) is 50.1 Å². The zero-order valence-corrected chi connectivity index (χ0v) is 19.9. The van der Waals surface area contributed by atoms with Gasteiger partial charge in [0, 0.05) is 6.04 Å². The molecule has 0 unspecified atom stereocenters. The molecule has 1 aromatic heterocycles. The summed E-state index contributed by atoms with van der Waals surface area (Å²) < 4.78 is 29.5. The van der Waals surface area contributed by atoms with Crippen molar-refractivity contribution in [3.63, 3.8) is 0 Å². The minimum absolute atomic E-state index is 0.00311.